The normalized spacial score (nSPS) is 13.4. The number of hydrogen-bond acceptors (Lipinski definition) is 4. The van der Waals surface area contributed by atoms with Gasteiger partial charge in [0.1, 0.15) is 20.7 Å². The molecule has 0 saturated heterocycles. The molecule has 4 aromatic rings. The molecule has 1 aliphatic carbocycles. The lowest BCUT2D eigenvalue weighted by Gasteiger charge is -2.33. The number of ether oxygens (including phenoxy) is 2. The third kappa shape index (κ3) is 3.08. The van der Waals surface area contributed by atoms with Crippen LogP contribution in [0.25, 0.3) is 11.4 Å². The molecule has 1 aliphatic rings. The fourth-order valence-corrected chi connectivity index (χ4v) is 5.07. The summed E-state index contributed by atoms with van der Waals surface area (Å²) < 4.78 is 12.4. The summed E-state index contributed by atoms with van der Waals surface area (Å²) in [6.07, 6.45) is 0. The maximum Gasteiger partial charge on any atom is 0.118 e. The quantitative estimate of drug-likeness (QED) is 0.249. The van der Waals surface area contributed by atoms with E-state index in [-0.39, 0.29) is 0 Å². The van der Waals surface area contributed by atoms with Gasteiger partial charge in [-0.25, -0.2) is 9.97 Å². The van der Waals surface area contributed by atoms with Crippen molar-refractivity contribution < 1.29 is 9.47 Å². The first-order valence-electron chi connectivity index (χ1n) is 9.71. The van der Waals surface area contributed by atoms with Gasteiger partial charge < -0.3 is 9.47 Å². The van der Waals surface area contributed by atoms with Crippen LogP contribution >= 0.6 is 31.9 Å². The fraction of sp³-hybridized carbons (Fsp3) is 0.120. The number of halogens is 2. The predicted octanol–water partition coefficient (Wildman–Crippen LogP) is 6.38. The second kappa shape index (κ2) is 7.77. The van der Waals surface area contributed by atoms with Crippen molar-refractivity contribution in [2.45, 2.75) is 5.41 Å². The highest BCUT2D eigenvalue weighted by Crippen LogP contribution is 2.55. The Kier molecular flexibility index (Phi) is 5.07. The lowest BCUT2D eigenvalue weighted by Crippen LogP contribution is -2.28. The Hall–Kier alpha value is -2.70. The highest BCUT2D eigenvalue weighted by Gasteiger charge is 2.48. The van der Waals surface area contributed by atoms with Gasteiger partial charge in [-0.15, -0.1) is 0 Å². The summed E-state index contributed by atoms with van der Waals surface area (Å²) in [5.41, 5.74) is 5.59. The monoisotopic (exact) mass is 536 g/mol. The van der Waals surface area contributed by atoms with Gasteiger partial charge in [-0.05, 0) is 90.5 Å². The summed E-state index contributed by atoms with van der Waals surface area (Å²) in [5, 5.41) is 0. The third-order valence-corrected chi connectivity index (χ3v) is 6.68. The summed E-state index contributed by atoms with van der Waals surface area (Å²) in [7, 11) is 3.36. The van der Waals surface area contributed by atoms with E-state index in [1.807, 2.05) is 36.4 Å². The SMILES string of the molecule is COc1ccc(C2(c3ccc(OC)cc3)c3ccc(Br)nc3-c3nc(Br)ccc32)cc1. The maximum absolute atomic E-state index is 5.42. The molecule has 0 unspecified atom stereocenters. The molecule has 0 saturated carbocycles. The maximum atomic E-state index is 5.42. The van der Waals surface area contributed by atoms with Crippen molar-refractivity contribution >= 4 is 31.9 Å². The summed E-state index contributed by atoms with van der Waals surface area (Å²) in [5.74, 6) is 1.63. The molecule has 0 aliphatic heterocycles. The molecule has 4 nitrogen and oxygen atoms in total. The van der Waals surface area contributed by atoms with Gasteiger partial charge in [-0.2, -0.15) is 0 Å². The van der Waals surface area contributed by atoms with E-state index in [0.717, 1.165) is 54.3 Å². The molecule has 0 fully saturated rings. The first kappa shape index (κ1) is 20.2. The minimum atomic E-state index is -0.565. The van der Waals surface area contributed by atoms with Crippen molar-refractivity contribution in [2.24, 2.45) is 0 Å². The molecule has 154 valence electrons. The lowest BCUT2D eigenvalue weighted by atomic mass is 9.68. The van der Waals surface area contributed by atoms with Crippen LogP contribution in [0.2, 0.25) is 0 Å². The topological polar surface area (TPSA) is 44.2 Å². The number of methoxy groups -OCH3 is 2. The summed E-state index contributed by atoms with van der Waals surface area (Å²) in [6, 6.07) is 24.7. The molecule has 6 heteroatoms. The van der Waals surface area contributed by atoms with Gasteiger partial charge in [0, 0.05) is 0 Å². The number of hydrogen-bond donors (Lipinski definition) is 0. The zero-order valence-electron chi connectivity index (χ0n) is 16.9. The van der Waals surface area contributed by atoms with Crippen molar-refractivity contribution in [3.8, 4) is 22.9 Å². The van der Waals surface area contributed by atoms with E-state index in [4.69, 9.17) is 19.4 Å². The molecular weight excluding hydrogens is 520 g/mol. The summed E-state index contributed by atoms with van der Waals surface area (Å²) >= 11 is 7.08. The average molecular weight is 538 g/mol. The molecular formula is C25H18Br2N2O2. The second-order valence-electron chi connectivity index (χ2n) is 7.27. The van der Waals surface area contributed by atoms with Crippen LogP contribution in [0.3, 0.4) is 0 Å². The van der Waals surface area contributed by atoms with E-state index in [0.29, 0.717) is 0 Å². The van der Waals surface area contributed by atoms with E-state index in [1.54, 1.807) is 14.2 Å². The standard InChI is InChI=1S/C25H18Br2N2O2/c1-30-17-7-3-15(4-8-17)25(16-5-9-18(31-2)10-6-16)19-11-13-21(26)28-23(19)24-20(25)12-14-22(27)29-24/h3-14H,1-2H3. The van der Waals surface area contributed by atoms with Crippen LogP contribution in [-0.4, -0.2) is 24.2 Å². The Morgan fingerprint density at radius 2 is 0.968 bits per heavy atom. The smallest absolute Gasteiger partial charge is 0.118 e. The van der Waals surface area contributed by atoms with Crippen LogP contribution < -0.4 is 9.47 Å². The molecule has 2 aromatic carbocycles. The Bertz CT molecular complexity index is 1170. The number of pyridine rings is 2. The number of fused-ring (bicyclic) bond motifs is 3. The van der Waals surface area contributed by atoms with E-state index < -0.39 is 5.41 Å². The van der Waals surface area contributed by atoms with Crippen molar-refractivity contribution in [2.75, 3.05) is 14.2 Å². The molecule has 31 heavy (non-hydrogen) atoms. The number of nitrogens with zero attached hydrogens (tertiary/aromatic N) is 2. The zero-order chi connectivity index (χ0) is 21.6. The van der Waals surface area contributed by atoms with Crippen LogP contribution in [0.1, 0.15) is 22.3 Å². The van der Waals surface area contributed by atoms with Gasteiger partial charge in [0.15, 0.2) is 0 Å². The van der Waals surface area contributed by atoms with Gasteiger partial charge in [0.25, 0.3) is 0 Å². The Morgan fingerprint density at radius 3 is 1.32 bits per heavy atom. The van der Waals surface area contributed by atoms with Crippen LogP contribution in [0.4, 0.5) is 0 Å². The van der Waals surface area contributed by atoms with Crippen molar-refractivity contribution in [3.05, 3.63) is 104 Å². The van der Waals surface area contributed by atoms with E-state index in [2.05, 4.69) is 68.3 Å². The minimum absolute atomic E-state index is 0.565. The van der Waals surface area contributed by atoms with Crippen molar-refractivity contribution in [1.82, 2.24) is 9.97 Å². The molecule has 0 radical (unpaired) electrons. The molecule has 2 aromatic heterocycles. The number of aromatic nitrogens is 2. The molecule has 0 atom stereocenters. The highest BCUT2D eigenvalue weighted by molar-refractivity contribution is 9.10. The molecule has 0 bridgehead atoms. The minimum Gasteiger partial charge on any atom is -0.497 e. The number of rotatable bonds is 4. The summed E-state index contributed by atoms with van der Waals surface area (Å²) in [4.78, 5) is 9.67. The van der Waals surface area contributed by atoms with Crippen molar-refractivity contribution in [3.63, 3.8) is 0 Å². The molecule has 0 amide bonds. The van der Waals surface area contributed by atoms with E-state index in [9.17, 15) is 0 Å². The van der Waals surface area contributed by atoms with Gasteiger partial charge in [0.2, 0.25) is 0 Å². The van der Waals surface area contributed by atoms with Gasteiger partial charge in [-0.1, -0.05) is 36.4 Å². The first-order valence-corrected chi connectivity index (χ1v) is 11.3. The highest BCUT2D eigenvalue weighted by atomic mass is 79.9. The van der Waals surface area contributed by atoms with Gasteiger partial charge in [-0.3, -0.25) is 0 Å². The van der Waals surface area contributed by atoms with E-state index in [1.165, 1.54) is 0 Å². The Balaban J connectivity index is 1.90. The Labute approximate surface area is 197 Å². The number of benzene rings is 2. The van der Waals surface area contributed by atoms with Gasteiger partial charge >= 0.3 is 0 Å². The molecule has 0 spiro atoms. The van der Waals surface area contributed by atoms with Crippen LogP contribution in [-0.2, 0) is 5.41 Å². The third-order valence-electron chi connectivity index (χ3n) is 5.80. The summed E-state index contributed by atoms with van der Waals surface area (Å²) in [6.45, 7) is 0. The van der Waals surface area contributed by atoms with Crippen LogP contribution in [0.5, 0.6) is 11.5 Å². The average Bonchev–Trinajstić information content (AvgIpc) is 3.09. The molecule has 5 rings (SSSR count). The van der Waals surface area contributed by atoms with Crippen molar-refractivity contribution in [1.29, 1.82) is 0 Å². The predicted molar refractivity (Wildman–Crippen MR) is 128 cm³/mol. The lowest BCUT2D eigenvalue weighted by molar-refractivity contribution is 0.414. The van der Waals surface area contributed by atoms with Crippen LogP contribution in [0.15, 0.2) is 82.0 Å². The van der Waals surface area contributed by atoms with E-state index >= 15 is 0 Å². The first-order chi connectivity index (χ1) is 15.1. The largest absolute Gasteiger partial charge is 0.497 e. The zero-order valence-corrected chi connectivity index (χ0v) is 20.1. The van der Waals surface area contributed by atoms with Crippen LogP contribution in [0, 0.1) is 0 Å². The second-order valence-corrected chi connectivity index (χ2v) is 8.89. The molecule has 0 N–H and O–H groups in total. The fourth-order valence-electron chi connectivity index (χ4n) is 4.45. The van der Waals surface area contributed by atoms with Gasteiger partial charge in [0.05, 0.1) is 31.0 Å². The Morgan fingerprint density at radius 1 is 0.581 bits per heavy atom. The molecule has 2 heterocycles.